The number of hydrogen-bond donors (Lipinski definition) is 1. The fourth-order valence-electron chi connectivity index (χ4n) is 3.39. The third-order valence-electron chi connectivity index (χ3n) is 4.87. The van der Waals surface area contributed by atoms with Crippen LogP contribution in [0.15, 0.2) is 42.7 Å². The van der Waals surface area contributed by atoms with Gasteiger partial charge in [-0.1, -0.05) is 37.3 Å². The monoisotopic (exact) mass is 326 g/mol. The lowest BCUT2D eigenvalue weighted by atomic mass is 9.94. The molecule has 0 saturated carbocycles. The number of nitrogens with one attached hydrogen (secondary N) is 1. The van der Waals surface area contributed by atoms with Gasteiger partial charge in [-0.2, -0.15) is 0 Å². The van der Waals surface area contributed by atoms with Crippen LogP contribution in [-0.4, -0.2) is 39.5 Å². The van der Waals surface area contributed by atoms with Gasteiger partial charge in [0.15, 0.2) is 0 Å². The lowest BCUT2D eigenvalue weighted by molar-refractivity contribution is -0.130. The zero-order valence-electron chi connectivity index (χ0n) is 14.5. The predicted molar refractivity (Wildman–Crippen MR) is 94.4 cm³/mol. The Morgan fingerprint density at radius 1 is 1.33 bits per heavy atom. The second-order valence-corrected chi connectivity index (χ2v) is 6.68. The molecule has 1 saturated heterocycles. The maximum Gasteiger partial charge on any atom is 0.219 e. The molecule has 1 amide bonds. The molecule has 3 rings (SSSR count). The van der Waals surface area contributed by atoms with E-state index in [4.69, 9.17) is 0 Å². The van der Waals surface area contributed by atoms with Crippen molar-refractivity contribution < 1.29 is 4.79 Å². The van der Waals surface area contributed by atoms with E-state index in [1.807, 2.05) is 23.4 Å². The van der Waals surface area contributed by atoms with Gasteiger partial charge in [0.2, 0.25) is 5.91 Å². The van der Waals surface area contributed by atoms with Crippen molar-refractivity contribution >= 4 is 5.91 Å². The van der Waals surface area contributed by atoms with Crippen molar-refractivity contribution in [3.63, 3.8) is 0 Å². The van der Waals surface area contributed by atoms with E-state index in [1.54, 1.807) is 6.92 Å². The van der Waals surface area contributed by atoms with E-state index in [2.05, 4.69) is 46.1 Å². The molecule has 2 aromatic rings. The molecule has 128 valence electrons. The number of amides is 1. The van der Waals surface area contributed by atoms with Crippen LogP contribution in [0.5, 0.6) is 0 Å². The Kier molecular flexibility index (Phi) is 5.30. The molecule has 0 radical (unpaired) electrons. The smallest absolute Gasteiger partial charge is 0.219 e. The first-order valence-electron chi connectivity index (χ1n) is 8.66. The Balaban J connectivity index is 1.56. The number of rotatable bonds is 5. The van der Waals surface area contributed by atoms with Crippen LogP contribution in [0.3, 0.4) is 0 Å². The molecule has 2 atom stereocenters. The predicted octanol–water partition coefficient (Wildman–Crippen LogP) is 2.28. The Labute approximate surface area is 143 Å². The maximum atomic E-state index is 11.5. The molecule has 1 fully saturated rings. The Morgan fingerprint density at radius 3 is 2.83 bits per heavy atom. The number of piperidine rings is 1. The normalized spacial score (nSPS) is 21.0. The van der Waals surface area contributed by atoms with Crippen LogP contribution in [0.2, 0.25) is 0 Å². The number of hydrogen-bond acceptors (Lipinski definition) is 3. The molecular weight excluding hydrogens is 300 g/mol. The van der Waals surface area contributed by atoms with Crippen molar-refractivity contribution in [3.05, 3.63) is 54.1 Å². The Bertz CT molecular complexity index is 667. The number of nitrogens with zero attached hydrogens (tertiary/aromatic N) is 3. The lowest BCUT2D eigenvalue weighted by Gasteiger charge is -2.37. The largest absolute Gasteiger partial charge is 0.343 e. The number of aromatic nitrogens is 2. The molecule has 1 aromatic carbocycles. The van der Waals surface area contributed by atoms with Gasteiger partial charge >= 0.3 is 0 Å². The Hall–Kier alpha value is -2.14. The highest BCUT2D eigenvalue weighted by Crippen LogP contribution is 2.17. The third-order valence-corrected chi connectivity index (χ3v) is 4.87. The molecular formula is C19H26N4O. The van der Waals surface area contributed by atoms with E-state index in [9.17, 15) is 4.79 Å². The minimum Gasteiger partial charge on any atom is -0.343 e. The van der Waals surface area contributed by atoms with Gasteiger partial charge in [0.05, 0.1) is 6.54 Å². The average Bonchev–Trinajstić information content (AvgIpc) is 3.01. The van der Waals surface area contributed by atoms with E-state index in [0.717, 1.165) is 38.4 Å². The highest BCUT2D eigenvalue weighted by molar-refractivity contribution is 5.73. The fourth-order valence-corrected chi connectivity index (χ4v) is 3.39. The first-order chi connectivity index (χ1) is 11.6. The van der Waals surface area contributed by atoms with Crippen LogP contribution in [0.1, 0.15) is 31.7 Å². The summed E-state index contributed by atoms with van der Waals surface area (Å²) in [5.74, 6) is 1.69. The number of carbonyl (C=O) groups is 1. The molecule has 0 aliphatic carbocycles. The van der Waals surface area contributed by atoms with Crippen LogP contribution in [0, 0.1) is 5.92 Å². The second-order valence-electron chi connectivity index (χ2n) is 6.68. The molecule has 0 spiro atoms. The van der Waals surface area contributed by atoms with Crippen molar-refractivity contribution in [2.75, 3.05) is 13.1 Å². The highest BCUT2D eigenvalue weighted by atomic mass is 16.2. The molecule has 1 aromatic heterocycles. The quantitative estimate of drug-likeness (QED) is 0.917. The zero-order chi connectivity index (χ0) is 16.9. The van der Waals surface area contributed by atoms with Crippen molar-refractivity contribution in [1.29, 1.82) is 0 Å². The summed E-state index contributed by atoms with van der Waals surface area (Å²) < 4.78 is 2.19. The minimum atomic E-state index is 0.179. The summed E-state index contributed by atoms with van der Waals surface area (Å²) in [5.41, 5.74) is 1.28. The summed E-state index contributed by atoms with van der Waals surface area (Å²) in [5, 5.41) is 3.64. The van der Waals surface area contributed by atoms with Gasteiger partial charge in [-0.25, -0.2) is 4.98 Å². The van der Waals surface area contributed by atoms with Crippen LogP contribution >= 0.6 is 0 Å². The van der Waals surface area contributed by atoms with Crippen molar-refractivity contribution in [2.24, 2.45) is 5.92 Å². The summed E-state index contributed by atoms with van der Waals surface area (Å²) in [6, 6.07) is 10.9. The number of likely N-dealkylation sites (tertiary alicyclic amines) is 1. The van der Waals surface area contributed by atoms with Gasteiger partial charge in [-0.05, 0) is 17.9 Å². The van der Waals surface area contributed by atoms with Gasteiger partial charge in [-0.15, -0.1) is 0 Å². The molecule has 1 N–H and O–H groups in total. The fraction of sp³-hybridized carbons (Fsp3) is 0.474. The van der Waals surface area contributed by atoms with Crippen LogP contribution < -0.4 is 5.32 Å². The van der Waals surface area contributed by atoms with E-state index >= 15 is 0 Å². The first-order valence-corrected chi connectivity index (χ1v) is 8.66. The first kappa shape index (κ1) is 16.7. The van der Waals surface area contributed by atoms with Crippen molar-refractivity contribution in [2.45, 2.75) is 39.4 Å². The van der Waals surface area contributed by atoms with Gasteiger partial charge in [0.25, 0.3) is 0 Å². The van der Waals surface area contributed by atoms with E-state index in [1.165, 1.54) is 5.56 Å². The van der Waals surface area contributed by atoms with Gasteiger partial charge in [0, 0.05) is 45.0 Å². The minimum absolute atomic E-state index is 0.179. The molecule has 0 unspecified atom stereocenters. The summed E-state index contributed by atoms with van der Waals surface area (Å²) >= 11 is 0. The van der Waals surface area contributed by atoms with Gasteiger partial charge < -0.3 is 14.8 Å². The standard InChI is InChI=1S/C19H26N4O/c1-15-13-22(16(2)24)10-8-18(15)21-12-19-20-9-11-23(19)14-17-6-4-3-5-7-17/h3-7,9,11,15,18,21H,8,10,12-14H2,1-2H3/t15-,18+/m0/s1. The molecule has 1 aliphatic heterocycles. The van der Waals surface area contributed by atoms with Gasteiger partial charge in [0.1, 0.15) is 5.82 Å². The van der Waals surface area contributed by atoms with Crippen LogP contribution in [0.25, 0.3) is 0 Å². The maximum absolute atomic E-state index is 11.5. The number of imidazole rings is 1. The summed E-state index contributed by atoms with van der Waals surface area (Å²) in [4.78, 5) is 18.0. The summed E-state index contributed by atoms with van der Waals surface area (Å²) in [7, 11) is 0. The second kappa shape index (κ2) is 7.62. The summed E-state index contributed by atoms with van der Waals surface area (Å²) in [6.07, 6.45) is 4.90. The topological polar surface area (TPSA) is 50.2 Å². The van der Waals surface area contributed by atoms with E-state index in [-0.39, 0.29) is 5.91 Å². The molecule has 5 heteroatoms. The Morgan fingerprint density at radius 2 is 2.12 bits per heavy atom. The van der Waals surface area contributed by atoms with E-state index < -0.39 is 0 Å². The molecule has 1 aliphatic rings. The van der Waals surface area contributed by atoms with Crippen LogP contribution in [0.4, 0.5) is 0 Å². The number of benzene rings is 1. The SMILES string of the molecule is CC(=O)N1CC[C@@H](NCc2nccn2Cc2ccccc2)[C@@H](C)C1. The number of carbonyl (C=O) groups excluding carboxylic acids is 1. The molecule has 24 heavy (non-hydrogen) atoms. The van der Waals surface area contributed by atoms with Crippen molar-refractivity contribution in [1.82, 2.24) is 19.8 Å². The lowest BCUT2D eigenvalue weighted by Crippen LogP contribution is -2.49. The molecule has 5 nitrogen and oxygen atoms in total. The summed E-state index contributed by atoms with van der Waals surface area (Å²) in [6.45, 7) is 7.15. The van der Waals surface area contributed by atoms with Crippen molar-refractivity contribution in [3.8, 4) is 0 Å². The van der Waals surface area contributed by atoms with E-state index in [0.29, 0.717) is 12.0 Å². The average molecular weight is 326 g/mol. The zero-order valence-corrected chi connectivity index (χ0v) is 14.5. The van der Waals surface area contributed by atoms with Crippen LogP contribution in [-0.2, 0) is 17.9 Å². The molecule has 0 bridgehead atoms. The third kappa shape index (κ3) is 4.03. The highest BCUT2D eigenvalue weighted by Gasteiger charge is 2.27. The molecule has 2 heterocycles. The van der Waals surface area contributed by atoms with Gasteiger partial charge in [-0.3, -0.25) is 4.79 Å².